The predicted molar refractivity (Wildman–Crippen MR) is 82.1 cm³/mol. The minimum atomic E-state index is -0.483. The van der Waals surface area contributed by atoms with Gasteiger partial charge in [-0.05, 0) is 47.0 Å². The Balaban J connectivity index is 1.97. The molecule has 0 aliphatic heterocycles. The SMILES string of the molecule is CC(CC1CC1)n1cncc1[C@@H](C)NC(=O)OC(C)(C)C. The van der Waals surface area contributed by atoms with E-state index in [1.54, 1.807) is 0 Å². The summed E-state index contributed by atoms with van der Waals surface area (Å²) in [6, 6.07) is 0.293. The molecule has 2 atom stereocenters. The van der Waals surface area contributed by atoms with Crippen LogP contribution in [0, 0.1) is 5.92 Å². The summed E-state index contributed by atoms with van der Waals surface area (Å²) < 4.78 is 7.47. The van der Waals surface area contributed by atoms with Crippen LogP contribution in [-0.4, -0.2) is 21.2 Å². The summed E-state index contributed by atoms with van der Waals surface area (Å²) in [4.78, 5) is 16.1. The van der Waals surface area contributed by atoms with Crippen LogP contribution in [0.3, 0.4) is 0 Å². The molecule has 1 aromatic heterocycles. The number of imidazole rings is 1. The lowest BCUT2D eigenvalue weighted by Crippen LogP contribution is -2.34. The summed E-state index contributed by atoms with van der Waals surface area (Å²) in [5.41, 5.74) is 0.539. The van der Waals surface area contributed by atoms with Crippen molar-refractivity contribution in [3.63, 3.8) is 0 Å². The zero-order valence-corrected chi connectivity index (χ0v) is 13.7. The van der Waals surface area contributed by atoms with Crippen LogP contribution in [0.25, 0.3) is 0 Å². The van der Waals surface area contributed by atoms with Gasteiger partial charge in [0.15, 0.2) is 0 Å². The molecular formula is C16H27N3O2. The standard InChI is InChI=1S/C16H27N3O2/c1-11(8-13-6-7-13)19-10-17-9-14(19)12(2)18-15(20)21-16(3,4)5/h9-13H,6-8H2,1-5H3,(H,18,20)/t11?,12-/m1/s1. The van der Waals surface area contributed by atoms with Crippen molar-refractivity contribution in [2.24, 2.45) is 5.92 Å². The highest BCUT2D eigenvalue weighted by atomic mass is 16.6. The number of aromatic nitrogens is 2. The summed E-state index contributed by atoms with van der Waals surface area (Å²) in [5.74, 6) is 0.865. The number of nitrogens with zero attached hydrogens (tertiary/aromatic N) is 2. The van der Waals surface area contributed by atoms with Crippen LogP contribution in [-0.2, 0) is 4.74 Å². The van der Waals surface area contributed by atoms with E-state index in [1.165, 1.54) is 19.3 Å². The number of rotatable bonds is 5. The number of carbonyl (C=O) groups is 1. The van der Waals surface area contributed by atoms with E-state index in [0.717, 1.165) is 11.6 Å². The third kappa shape index (κ3) is 4.76. The van der Waals surface area contributed by atoms with E-state index in [2.05, 4.69) is 21.8 Å². The number of carbonyl (C=O) groups excluding carboxylic acids is 1. The van der Waals surface area contributed by atoms with E-state index in [1.807, 2.05) is 40.2 Å². The molecule has 1 aliphatic rings. The number of ether oxygens (including phenoxy) is 1. The topological polar surface area (TPSA) is 56.2 Å². The van der Waals surface area contributed by atoms with Crippen LogP contribution in [0.5, 0.6) is 0 Å². The Morgan fingerprint density at radius 1 is 1.48 bits per heavy atom. The molecule has 0 spiro atoms. The Labute approximate surface area is 127 Å². The Morgan fingerprint density at radius 2 is 2.14 bits per heavy atom. The van der Waals surface area contributed by atoms with E-state index in [4.69, 9.17) is 4.74 Å². The van der Waals surface area contributed by atoms with Crippen molar-refractivity contribution in [2.45, 2.75) is 71.6 Å². The summed E-state index contributed by atoms with van der Waals surface area (Å²) >= 11 is 0. The van der Waals surface area contributed by atoms with Gasteiger partial charge in [-0.25, -0.2) is 9.78 Å². The Morgan fingerprint density at radius 3 is 2.71 bits per heavy atom. The van der Waals surface area contributed by atoms with Gasteiger partial charge >= 0.3 is 6.09 Å². The maximum atomic E-state index is 11.9. The van der Waals surface area contributed by atoms with Gasteiger partial charge < -0.3 is 14.6 Å². The zero-order chi connectivity index (χ0) is 15.6. The van der Waals surface area contributed by atoms with Crippen molar-refractivity contribution in [3.8, 4) is 0 Å². The van der Waals surface area contributed by atoms with Gasteiger partial charge in [-0.1, -0.05) is 12.8 Å². The molecule has 1 N–H and O–H groups in total. The first-order chi connectivity index (χ1) is 9.76. The molecule has 0 saturated heterocycles. The van der Waals surface area contributed by atoms with E-state index in [0.29, 0.717) is 6.04 Å². The lowest BCUT2D eigenvalue weighted by Gasteiger charge is -2.24. The Kier molecular flexibility index (Phi) is 4.59. The second-order valence-corrected chi connectivity index (χ2v) is 7.12. The number of amides is 1. The molecule has 1 unspecified atom stereocenters. The highest BCUT2D eigenvalue weighted by molar-refractivity contribution is 5.68. The lowest BCUT2D eigenvalue weighted by atomic mass is 10.1. The molecular weight excluding hydrogens is 266 g/mol. The molecule has 5 heteroatoms. The van der Waals surface area contributed by atoms with Gasteiger partial charge in [-0.15, -0.1) is 0 Å². The fraction of sp³-hybridized carbons (Fsp3) is 0.750. The first-order valence-corrected chi connectivity index (χ1v) is 7.77. The van der Waals surface area contributed by atoms with E-state index >= 15 is 0 Å². The molecule has 1 aliphatic carbocycles. The normalized spacial score (nSPS) is 18.1. The van der Waals surface area contributed by atoms with Gasteiger partial charge in [0.25, 0.3) is 0 Å². The number of alkyl carbamates (subject to hydrolysis) is 1. The second-order valence-electron chi connectivity index (χ2n) is 7.12. The monoisotopic (exact) mass is 293 g/mol. The average Bonchev–Trinajstić information content (AvgIpc) is 3.00. The molecule has 21 heavy (non-hydrogen) atoms. The van der Waals surface area contributed by atoms with E-state index < -0.39 is 11.7 Å². The van der Waals surface area contributed by atoms with Crippen LogP contribution in [0.4, 0.5) is 4.79 Å². The van der Waals surface area contributed by atoms with Crippen LogP contribution in [0.15, 0.2) is 12.5 Å². The number of hydrogen-bond donors (Lipinski definition) is 1. The fourth-order valence-corrected chi connectivity index (χ4v) is 2.53. The van der Waals surface area contributed by atoms with Gasteiger partial charge in [0.1, 0.15) is 5.60 Å². The summed E-state index contributed by atoms with van der Waals surface area (Å²) in [6.45, 7) is 9.75. The van der Waals surface area contributed by atoms with E-state index in [-0.39, 0.29) is 6.04 Å². The quantitative estimate of drug-likeness (QED) is 0.897. The summed E-state index contributed by atoms with van der Waals surface area (Å²) in [7, 11) is 0. The smallest absolute Gasteiger partial charge is 0.408 e. The third-order valence-electron chi connectivity index (χ3n) is 3.72. The molecule has 118 valence electrons. The highest BCUT2D eigenvalue weighted by Gasteiger charge is 2.26. The maximum Gasteiger partial charge on any atom is 0.408 e. The van der Waals surface area contributed by atoms with Gasteiger partial charge in [-0.2, -0.15) is 0 Å². The second kappa shape index (κ2) is 6.08. The fourth-order valence-electron chi connectivity index (χ4n) is 2.53. The molecule has 1 fully saturated rings. The minimum Gasteiger partial charge on any atom is -0.444 e. The van der Waals surface area contributed by atoms with Crippen LogP contribution in [0.2, 0.25) is 0 Å². The van der Waals surface area contributed by atoms with E-state index in [9.17, 15) is 4.79 Å². The van der Waals surface area contributed by atoms with Crippen molar-refractivity contribution in [1.82, 2.24) is 14.9 Å². The largest absolute Gasteiger partial charge is 0.444 e. The minimum absolute atomic E-state index is 0.121. The van der Waals surface area contributed by atoms with Gasteiger partial charge in [0, 0.05) is 6.04 Å². The van der Waals surface area contributed by atoms with Crippen molar-refractivity contribution in [2.75, 3.05) is 0 Å². The van der Waals surface area contributed by atoms with Crippen LogP contribution >= 0.6 is 0 Å². The Hall–Kier alpha value is -1.52. The van der Waals surface area contributed by atoms with Crippen molar-refractivity contribution < 1.29 is 9.53 Å². The van der Waals surface area contributed by atoms with Crippen molar-refractivity contribution in [3.05, 3.63) is 18.2 Å². The average molecular weight is 293 g/mol. The molecule has 0 radical (unpaired) electrons. The van der Waals surface area contributed by atoms with Crippen molar-refractivity contribution >= 4 is 6.09 Å². The molecule has 0 aromatic carbocycles. The molecule has 1 heterocycles. The van der Waals surface area contributed by atoms with Crippen LogP contribution in [0.1, 0.15) is 71.7 Å². The zero-order valence-electron chi connectivity index (χ0n) is 13.7. The maximum absolute atomic E-state index is 11.9. The molecule has 1 amide bonds. The Bertz CT molecular complexity index is 486. The highest BCUT2D eigenvalue weighted by Crippen LogP contribution is 2.37. The van der Waals surface area contributed by atoms with Crippen LogP contribution < -0.4 is 5.32 Å². The summed E-state index contributed by atoms with van der Waals surface area (Å²) in [5, 5.41) is 2.88. The molecule has 2 rings (SSSR count). The van der Waals surface area contributed by atoms with Gasteiger partial charge in [-0.3, -0.25) is 0 Å². The number of hydrogen-bond acceptors (Lipinski definition) is 3. The molecule has 0 bridgehead atoms. The molecule has 5 nitrogen and oxygen atoms in total. The van der Waals surface area contributed by atoms with Crippen molar-refractivity contribution in [1.29, 1.82) is 0 Å². The molecule has 1 saturated carbocycles. The van der Waals surface area contributed by atoms with Gasteiger partial charge in [0.05, 0.1) is 24.3 Å². The lowest BCUT2D eigenvalue weighted by molar-refractivity contribution is 0.0505. The number of nitrogens with one attached hydrogen (secondary N) is 1. The van der Waals surface area contributed by atoms with Gasteiger partial charge in [0.2, 0.25) is 0 Å². The summed E-state index contributed by atoms with van der Waals surface area (Å²) in [6.07, 6.45) is 7.17. The molecule has 1 aromatic rings. The first-order valence-electron chi connectivity index (χ1n) is 7.77. The predicted octanol–water partition coefficient (Wildman–Crippen LogP) is 3.83. The third-order valence-corrected chi connectivity index (χ3v) is 3.72. The first kappa shape index (κ1) is 15.9.